The van der Waals surface area contributed by atoms with Crippen LogP contribution in [0.1, 0.15) is 51.7 Å². The third-order valence-electron chi connectivity index (χ3n) is 4.04. The number of amides is 1. The molecule has 1 rings (SSSR count). The second-order valence-corrected chi connectivity index (χ2v) is 7.91. The minimum Gasteiger partial charge on any atom is -0.444 e. The first-order chi connectivity index (χ1) is 13.7. The summed E-state index contributed by atoms with van der Waals surface area (Å²) in [6.45, 7) is 11.2. The van der Waals surface area contributed by atoms with Crippen LogP contribution in [0, 0.1) is 0 Å². The van der Waals surface area contributed by atoms with Crippen molar-refractivity contribution in [3.05, 3.63) is 35.4 Å². The Balaban J connectivity index is 2.38. The van der Waals surface area contributed by atoms with Crippen molar-refractivity contribution < 1.29 is 14.3 Å². The predicted octanol–water partition coefficient (Wildman–Crippen LogP) is 3.54. The predicted molar refractivity (Wildman–Crippen MR) is 118 cm³/mol. The van der Waals surface area contributed by atoms with Crippen molar-refractivity contribution in [3.8, 4) is 0 Å². The van der Waals surface area contributed by atoms with E-state index < -0.39 is 5.60 Å². The van der Waals surface area contributed by atoms with Gasteiger partial charge in [-0.2, -0.15) is 0 Å². The van der Waals surface area contributed by atoms with Crippen molar-refractivity contribution in [2.45, 2.75) is 59.2 Å². The van der Waals surface area contributed by atoms with Crippen molar-refractivity contribution in [2.24, 2.45) is 4.99 Å². The first-order valence-corrected chi connectivity index (χ1v) is 10.3. The van der Waals surface area contributed by atoms with Crippen LogP contribution in [0.15, 0.2) is 29.3 Å². The molecule has 1 aromatic rings. The summed E-state index contributed by atoms with van der Waals surface area (Å²) in [5, 5.41) is 6.63. The Morgan fingerprint density at radius 2 is 1.76 bits per heavy atom. The van der Waals surface area contributed by atoms with Gasteiger partial charge in [0.1, 0.15) is 5.60 Å². The van der Waals surface area contributed by atoms with Gasteiger partial charge in [0.25, 0.3) is 0 Å². The van der Waals surface area contributed by atoms with E-state index in [4.69, 9.17) is 9.47 Å². The van der Waals surface area contributed by atoms with E-state index in [1.807, 2.05) is 39.8 Å². The molecule has 0 aliphatic carbocycles. The number of unbranched alkanes of at least 4 members (excludes halogenated alkanes) is 1. The molecular formula is C22H38N4O3. The molecule has 0 fully saturated rings. The van der Waals surface area contributed by atoms with Gasteiger partial charge in [-0.15, -0.1) is 0 Å². The zero-order valence-corrected chi connectivity index (χ0v) is 18.9. The quantitative estimate of drug-likeness (QED) is 0.353. The van der Waals surface area contributed by atoms with E-state index in [-0.39, 0.29) is 6.09 Å². The molecule has 0 saturated heterocycles. The summed E-state index contributed by atoms with van der Waals surface area (Å²) in [6, 6.07) is 8.17. The summed E-state index contributed by atoms with van der Waals surface area (Å²) in [6.07, 6.45) is 1.76. The molecule has 164 valence electrons. The lowest BCUT2D eigenvalue weighted by Gasteiger charge is -2.24. The van der Waals surface area contributed by atoms with Crippen molar-refractivity contribution in [2.75, 3.05) is 33.9 Å². The highest BCUT2D eigenvalue weighted by Crippen LogP contribution is 2.12. The van der Waals surface area contributed by atoms with Gasteiger partial charge in [-0.25, -0.2) is 4.79 Å². The number of hydrogen-bond donors (Lipinski definition) is 2. The van der Waals surface area contributed by atoms with Gasteiger partial charge in [-0.3, -0.25) is 4.99 Å². The summed E-state index contributed by atoms with van der Waals surface area (Å²) in [7, 11) is 3.51. The maximum atomic E-state index is 12.1. The normalized spacial score (nSPS) is 11.9. The van der Waals surface area contributed by atoms with Crippen LogP contribution in [0.3, 0.4) is 0 Å². The van der Waals surface area contributed by atoms with Gasteiger partial charge in [0.15, 0.2) is 5.96 Å². The Hall–Kier alpha value is -2.28. The SMILES string of the molecule is CCOCCCCNC(=NC)NCc1ccc(CN(C)C(=O)OC(C)(C)C)cc1. The number of rotatable bonds is 10. The molecule has 7 nitrogen and oxygen atoms in total. The minimum atomic E-state index is -0.489. The zero-order valence-electron chi connectivity index (χ0n) is 18.9. The molecule has 0 heterocycles. The molecular weight excluding hydrogens is 368 g/mol. The number of nitrogens with zero attached hydrogens (tertiary/aromatic N) is 2. The molecule has 0 atom stereocenters. The van der Waals surface area contributed by atoms with Gasteiger partial charge in [0, 0.05) is 46.9 Å². The molecule has 0 aliphatic heterocycles. The summed E-state index contributed by atoms with van der Waals surface area (Å²) in [5.41, 5.74) is 1.71. The Bertz CT molecular complexity index is 624. The summed E-state index contributed by atoms with van der Waals surface area (Å²) >= 11 is 0. The second-order valence-electron chi connectivity index (χ2n) is 7.91. The molecule has 1 amide bonds. The van der Waals surface area contributed by atoms with Gasteiger partial charge in [0.2, 0.25) is 0 Å². The average molecular weight is 407 g/mol. The number of carbonyl (C=O) groups is 1. The fourth-order valence-electron chi connectivity index (χ4n) is 2.53. The van der Waals surface area contributed by atoms with E-state index in [1.54, 1.807) is 19.0 Å². The minimum absolute atomic E-state index is 0.320. The number of hydrogen-bond acceptors (Lipinski definition) is 4. The molecule has 0 aromatic heterocycles. The fraction of sp³-hybridized carbons (Fsp3) is 0.636. The van der Waals surface area contributed by atoms with Crippen molar-refractivity contribution in [3.63, 3.8) is 0 Å². The summed E-state index contributed by atoms with van der Waals surface area (Å²) in [5.74, 6) is 0.787. The van der Waals surface area contributed by atoms with Gasteiger partial charge >= 0.3 is 6.09 Å². The lowest BCUT2D eigenvalue weighted by Crippen LogP contribution is -2.37. The molecule has 0 spiro atoms. The molecule has 7 heteroatoms. The van der Waals surface area contributed by atoms with Gasteiger partial charge in [-0.1, -0.05) is 24.3 Å². The van der Waals surface area contributed by atoms with E-state index in [2.05, 4.69) is 27.8 Å². The van der Waals surface area contributed by atoms with Crippen molar-refractivity contribution in [1.29, 1.82) is 0 Å². The fourth-order valence-corrected chi connectivity index (χ4v) is 2.53. The van der Waals surface area contributed by atoms with Gasteiger partial charge in [0.05, 0.1) is 0 Å². The average Bonchev–Trinajstić information content (AvgIpc) is 2.66. The van der Waals surface area contributed by atoms with Crippen molar-refractivity contribution >= 4 is 12.1 Å². The third-order valence-corrected chi connectivity index (χ3v) is 4.04. The molecule has 0 saturated carbocycles. The number of guanidine groups is 1. The molecule has 0 bridgehead atoms. The second kappa shape index (κ2) is 13.0. The van der Waals surface area contributed by atoms with Crippen LogP contribution in [0.4, 0.5) is 4.79 Å². The Labute approximate surface area is 175 Å². The lowest BCUT2D eigenvalue weighted by molar-refractivity contribution is 0.0285. The number of carbonyl (C=O) groups excluding carboxylic acids is 1. The van der Waals surface area contributed by atoms with E-state index in [9.17, 15) is 4.79 Å². The first-order valence-electron chi connectivity index (χ1n) is 10.3. The van der Waals surface area contributed by atoms with E-state index in [1.165, 1.54) is 0 Å². The zero-order chi connectivity index (χ0) is 21.7. The maximum Gasteiger partial charge on any atom is 0.410 e. The Morgan fingerprint density at radius 1 is 1.10 bits per heavy atom. The third kappa shape index (κ3) is 11.3. The maximum absolute atomic E-state index is 12.1. The van der Waals surface area contributed by atoms with Crippen LogP contribution in [0.25, 0.3) is 0 Å². The standard InChI is InChI=1S/C22H38N4O3/c1-7-28-15-9-8-14-24-20(23-5)25-16-18-10-12-19(13-11-18)17-26(6)21(27)29-22(2,3)4/h10-13H,7-9,14-17H2,1-6H3,(H2,23,24,25). The molecule has 29 heavy (non-hydrogen) atoms. The number of ether oxygens (including phenoxy) is 2. The lowest BCUT2D eigenvalue weighted by atomic mass is 10.1. The highest BCUT2D eigenvalue weighted by molar-refractivity contribution is 5.79. The Morgan fingerprint density at radius 3 is 2.34 bits per heavy atom. The van der Waals surface area contributed by atoms with Gasteiger partial charge < -0.3 is 25.0 Å². The van der Waals surface area contributed by atoms with Crippen LogP contribution in [0.2, 0.25) is 0 Å². The van der Waals surface area contributed by atoms with Crippen LogP contribution < -0.4 is 10.6 Å². The first kappa shape index (κ1) is 24.8. The molecule has 2 N–H and O–H groups in total. The summed E-state index contributed by atoms with van der Waals surface area (Å²) in [4.78, 5) is 17.9. The monoisotopic (exact) mass is 406 g/mol. The van der Waals surface area contributed by atoms with Crippen molar-refractivity contribution in [1.82, 2.24) is 15.5 Å². The largest absolute Gasteiger partial charge is 0.444 e. The highest BCUT2D eigenvalue weighted by atomic mass is 16.6. The summed E-state index contributed by atoms with van der Waals surface area (Å²) < 4.78 is 10.7. The van der Waals surface area contributed by atoms with E-state index in [0.29, 0.717) is 13.1 Å². The topological polar surface area (TPSA) is 75.2 Å². The number of aliphatic imine (C=N–C) groups is 1. The van der Waals surface area contributed by atoms with Crippen LogP contribution >= 0.6 is 0 Å². The van der Waals surface area contributed by atoms with Crippen LogP contribution in [-0.2, 0) is 22.6 Å². The van der Waals surface area contributed by atoms with Crippen LogP contribution in [-0.4, -0.2) is 56.4 Å². The number of nitrogens with one attached hydrogen (secondary N) is 2. The number of benzene rings is 1. The van der Waals surface area contributed by atoms with Gasteiger partial charge in [-0.05, 0) is 51.7 Å². The molecule has 1 aromatic carbocycles. The van der Waals surface area contributed by atoms with E-state index >= 15 is 0 Å². The Kier molecular flexibility index (Phi) is 11.1. The smallest absolute Gasteiger partial charge is 0.410 e. The van der Waals surface area contributed by atoms with Crippen LogP contribution in [0.5, 0.6) is 0 Å². The van der Waals surface area contributed by atoms with E-state index in [0.717, 1.165) is 49.7 Å². The molecule has 0 unspecified atom stereocenters. The highest BCUT2D eigenvalue weighted by Gasteiger charge is 2.19. The molecule has 0 aliphatic rings. The molecule has 0 radical (unpaired) electrons.